The van der Waals surface area contributed by atoms with E-state index < -0.39 is 0 Å². The van der Waals surface area contributed by atoms with E-state index in [0.717, 1.165) is 22.6 Å². The van der Waals surface area contributed by atoms with E-state index in [9.17, 15) is 4.79 Å². The van der Waals surface area contributed by atoms with Crippen LogP contribution in [0.1, 0.15) is 23.7 Å². The van der Waals surface area contributed by atoms with Crippen LogP contribution in [0.15, 0.2) is 70.6 Å². The zero-order chi connectivity index (χ0) is 18.4. The molecule has 6 nitrogen and oxygen atoms in total. The minimum atomic E-state index is -0.218. The fourth-order valence-electron chi connectivity index (χ4n) is 2.39. The average Bonchev–Trinajstić information content (AvgIpc) is 2.65. The van der Waals surface area contributed by atoms with E-state index in [-0.39, 0.29) is 5.56 Å². The standard InChI is InChI=1S/C20H20N4O2/c1-14-11-19(25)22-20(21-14)24-23-15(2)17-9-6-10-18(12-17)26-13-16-7-4-3-5-8-16/h3-12H,13H2,1-2H3,(H2,21,22,24,25)/b23-15+. The molecule has 0 aliphatic carbocycles. The normalized spacial score (nSPS) is 11.2. The molecule has 0 unspecified atom stereocenters. The minimum Gasteiger partial charge on any atom is -0.489 e. The van der Waals surface area contributed by atoms with E-state index >= 15 is 0 Å². The lowest BCUT2D eigenvalue weighted by Gasteiger charge is -2.08. The summed E-state index contributed by atoms with van der Waals surface area (Å²) < 4.78 is 5.84. The minimum absolute atomic E-state index is 0.218. The fourth-order valence-corrected chi connectivity index (χ4v) is 2.39. The Labute approximate surface area is 151 Å². The molecule has 0 fully saturated rings. The van der Waals surface area contributed by atoms with E-state index in [1.165, 1.54) is 6.07 Å². The topological polar surface area (TPSA) is 79.4 Å². The Balaban J connectivity index is 1.69. The number of ether oxygens (including phenoxy) is 1. The molecule has 0 bridgehead atoms. The Kier molecular flexibility index (Phi) is 5.43. The van der Waals surface area contributed by atoms with Crippen LogP contribution in [-0.2, 0) is 6.61 Å². The van der Waals surface area contributed by atoms with Crippen molar-refractivity contribution in [3.63, 3.8) is 0 Å². The first kappa shape index (κ1) is 17.4. The molecule has 0 atom stereocenters. The molecule has 2 N–H and O–H groups in total. The van der Waals surface area contributed by atoms with Crippen LogP contribution in [0.25, 0.3) is 0 Å². The summed E-state index contributed by atoms with van der Waals surface area (Å²) in [6.07, 6.45) is 0. The van der Waals surface area contributed by atoms with Gasteiger partial charge in [-0.3, -0.25) is 9.78 Å². The Bertz CT molecular complexity index is 965. The summed E-state index contributed by atoms with van der Waals surface area (Å²) in [5.41, 5.74) is 5.96. The summed E-state index contributed by atoms with van der Waals surface area (Å²) in [5, 5.41) is 4.28. The first-order chi connectivity index (χ1) is 12.6. The number of hydrogen-bond donors (Lipinski definition) is 2. The third kappa shape index (κ3) is 4.80. The van der Waals surface area contributed by atoms with Crippen molar-refractivity contribution in [3.8, 4) is 5.75 Å². The van der Waals surface area contributed by atoms with Gasteiger partial charge in [-0.1, -0.05) is 42.5 Å². The number of hydrazone groups is 1. The number of aryl methyl sites for hydroxylation is 1. The van der Waals surface area contributed by atoms with Gasteiger partial charge in [0.2, 0.25) is 5.95 Å². The summed E-state index contributed by atoms with van der Waals surface area (Å²) in [7, 11) is 0. The van der Waals surface area contributed by atoms with Crippen LogP contribution >= 0.6 is 0 Å². The summed E-state index contributed by atoms with van der Waals surface area (Å²) in [6, 6.07) is 19.1. The van der Waals surface area contributed by atoms with Crippen molar-refractivity contribution in [2.45, 2.75) is 20.5 Å². The van der Waals surface area contributed by atoms with Gasteiger partial charge in [0, 0.05) is 17.3 Å². The molecule has 2 aromatic carbocycles. The van der Waals surface area contributed by atoms with Crippen LogP contribution < -0.4 is 15.7 Å². The van der Waals surface area contributed by atoms with Crippen molar-refractivity contribution in [1.29, 1.82) is 0 Å². The number of H-pyrrole nitrogens is 1. The molecular formula is C20H20N4O2. The molecule has 3 rings (SSSR count). The largest absolute Gasteiger partial charge is 0.489 e. The van der Waals surface area contributed by atoms with Crippen LogP contribution in [0.2, 0.25) is 0 Å². The van der Waals surface area contributed by atoms with Crippen molar-refractivity contribution in [3.05, 3.63) is 87.8 Å². The predicted molar refractivity (Wildman–Crippen MR) is 103 cm³/mol. The Morgan fingerprint density at radius 3 is 2.73 bits per heavy atom. The molecule has 132 valence electrons. The van der Waals surface area contributed by atoms with Crippen LogP contribution in [0.4, 0.5) is 5.95 Å². The maximum absolute atomic E-state index is 11.5. The van der Waals surface area contributed by atoms with E-state index in [0.29, 0.717) is 18.2 Å². The van der Waals surface area contributed by atoms with Crippen LogP contribution in [0.5, 0.6) is 5.75 Å². The molecule has 0 saturated carbocycles. The number of anilines is 1. The Morgan fingerprint density at radius 1 is 1.15 bits per heavy atom. The maximum atomic E-state index is 11.5. The second kappa shape index (κ2) is 8.11. The second-order valence-corrected chi connectivity index (χ2v) is 5.85. The highest BCUT2D eigenvalue weighted by Gasteiger charge is 2.02. The van der Waals surface area contributed by atoms with Crippen molar-refractivity contribution in [2.75, 3.05) is 5.43 Å². The lowest BCUT2D eigenvalue weighted by atomic mass is 10.1. The Hall–Kier alpha value is -3.41. The molecular weight excluding hydrogens is 328 g/mol. The van der Waals surface area contributed by atoms with Crippen molar-refractivity contribution < 1.29 is 4.74 Å². The van der Waals surface area contributed by atoms with Gasteiger partial charge in [0.25, 0.3) is 5.56 Å². The van der Waals surface area contributed by atoms with Crippen molar-refractivity contribution >= 4 is 11.7 Å². The molecule has 0 saturated heterocycles. The lowest BCUT2D eigenvalue weighted by Crippen LogP contribution is -2.11. The van der Waals surface area contributed by atoms with Gasteiger partial charge in [-0.2, -0.15) is 5.10 Å². The second-order valence-electron chi connectivity index (χ2n) is 5.85. The van der Waals surface area contributed by atoms with Crippen LogP contribution in [-0.4, -0.2) is 15.7 Å². The molecule has 0 aliphatic heterocycles. The highest BCUT2D eigenvalue weighted by Crippen LogP contribution is 2.16. The average molecular weight is 348 g/mol. The van der Waals surface area contributed by atoms with E-state index in [1.807, 2.05) is 61.5 Å². The number of hydrogen-bond acceptors (Lipinski definition) is 5. The number of rotatable bonds is 6. The molecule has 1 aromatic heterocycles. The molecule has 0 radical (unpaired) electrons. The molecule has 3 aromatic rings. The first-order valence-corrected chi connectivity index (χ1v) is 8.25. The van der Waals surface area contributed by atoms with E-state index in [2.05, 4.69) is 20.5 Å². The van der Waals surface area contributed by atoms with Gasteiger partial charge in [0.15, 0.2) is 0 Å². The summed E-state index contributed by atoms with van der Waals surface area (Å²) in [6.45, 7) is 4.13. The van der Waals surface area contributed by atoms with Gasteiger partial charge in [-0.15, -0.1) is 0 Å². The zero-order valence-electron chi connectivity index (χ0n) is 14.7. The van der Waals surface area contributed by atoms with Gasteiger partial charge in [0.05, 0.1) is 5.71 Å². The zero-order valence-corrected chi connectivity index (χ0v) is 14.7. The number of aromatic amines is 1. The van der Waals surface area contributed by atoms with Crippen molar-refractivity contribution in [1.82, 2.24) is 9.97 Å². The molecule has 1 heterocycles. The van der Waals surface area contributed by atoms with Gasteiger partial charge in [-0.25, -0.2) is 10.4 Å². The number of aromatic nitrogens is 2. The Morgan fingerprint density at radius 2 is 1.96 bits per heavy atom. The summed E-state index contributed by atoms with van der Waals surface area (Å²) in [5.74, 6) is 1.08. The first-order valence-electron chi connectivity index (χ1n) is 8.25. The molecule has 0 spiro atoms. The van der Waals surface area contributed by atoms with E-state index in [4.69, 9.17) is 4.74 Å². The monoisotopic (exact) mass is 348 g/mol. The third-order valence-corrected chi connectivity index (χ3v) is 3.70. The predicted octanol–water partition coefficient (Wildman–Crippen LogP) is 3.49. The van der Waals surface area contributed by atoms with Gasteiger partial charge in [0.1, 0.15) is 12.4 Å². The summed E-state index contributed by atoms with van der Waals surface area (Å²) in [4.78, 5) is 18.2. The molecule has 6 heteroatoms. The third-order valence-electron chi connectivity index (χ3n) is 3.70. The quantitative estimate of drug-likeness (QED) is 0.528. The number of benzene rings is 2. The van der Waals surface area contributed by atoms with Crippen molar-refractivity contribution in [2.24, 2.45) is 5.10 Å². The lowest BCUT2D eigenvalue weighted by molar-refractivity contribution is 0.306. The highest BCUT2D eigenvalue weighted by atomic mass is 16.5. The SMILES string of the molecule is C/C(=N\Nc1nc(C)cc(=O)[nH]1)c1cccc(OCc2ccccc2)c1. The van der Waals surface area contributed by atoms with Gasteiger partial charge >= 0.3 is 0 Å². The summed E-state index contributed by atoms with van der Waals surface area (Å²) >= 11 is 0. The maximum Gasteiger partial charge on any atom is 0.252 e. The highest BCUT2D eigenvalue weighted by molar-refractivity contribution is 5.99. The van der Waals surface area contributed by atoms with Gasteiger partial charge < -0.3 is 4.74 Å². The van der Waals surface area contributed by atoms with E-state index in [1.54, 1.807) is 6.92 Å². The van der Waals surface area contributed by atoms with Crippen LogP contribution in [0.3, 0.4) is 0 Å². The number of nitrogens with zero attached hydrogens (tertiary/aromatic N) is 2. The molecule has 0 amide bonds. The van der Waals surface area contributed by atoms with Crippen LogP contribution in [0, 0.1) is 6.92 Å². The molecule has 26 heavy (non-hydrogen) atoms. The number of nitrogens with one attached hydrogen (secondary N) is 2. The fraction of sp³-hybridized carbons (Fsp3) is 0.150. The molecule has 0 aliphatic rings. The van der Waals surface area contributed by atoms with Gasteiger partial charge in [-0.05, 0) is 31.5 Å². The smallest absolute Gasteiger partial charge is 0.252 e.